The van der Waals surface area contributed by atoms with E-state index in [2.05, 4.69) is 48.5 Å². The number of imide groups is 1. The molecule has 0 bridgehead atoms. The standard InChI is InChI=1S/C31H21NO6S2/c1-16(37-28(35)15-29(36)38-32-26(33)8-9-27(32)34)17-6-7-20-12-23-25(14-21(20)10-17)40-30-22-11-18-4-2-3-5-19(18)13-24(22)39-31(23)30/h2-7,10-14,16H,8-9,15H2,1H3. The molecular formula is C31H21NO6S2. The van der Waals surface area contributed by atoms with Gasteiger partial charge in [-0.1, -0.05) is 36.4 Å². The molecule has 198 valence electrons. The number of ether oxygens (including phenoxy) is 1. The number of fused-ring (bicyclic) bond motifs is 7. The third-order valence-electron chi connectivity index (χ3n) is 7.20. The molecule has 1 aliphatic heterocycles. The highest BCUT2D eigenvalue weighted by Gasteiger charge is 2.33. The van der Waals surface area contributed by atoms with E-state index in [1.807, 2.05) is 29.5 Å². The average molecular weight is 568 g/mol. The molecule has 0 saturated carbocycles. The SMILES string of the molecule is CC(OC(=O)CC(=O)ON1C(=O)CCC1=O)c1ccc2cc3c(cc2c1)sc1c2cc4ccccc4cc2sc31. The van der Waals surface area contributed by atoms with Gasteiger partial charge in [-0.15, -0.1) is 27.7 Å². The summed E-state index contributed by atoms with van der Waals surface area (Å²) in [6, 6.07) is 23.3. The van der Waals surface area contributed by atoms with E-state index in [0.29, 0.717) is 5.06 Å². The molecule has 2 amide bonds. The first kappa shape index (κ1) is 24.7. The fraction of sp³-hybridized carbons (Fsp3) is 0.161. The van der Waals surface area contributed by atoms with Crippen molar-refractivity contribution in [1.29, 1.82) is 0 Å². The molecule has 40 heavy (non-hydrogen) atoms. The van der Waals surface area contributed by atoms with Gasteiger partial charge in [0.1, 0.15) is 12.5 Å². The molecule has 1 atom stereocenters. The van der Waals surface area contributed by atoms with Crippen molar-refractivity contribution in [3.63, 3.8) is 0 Å². The normalized spacial score (nSPS) is 14.7. The largest absolute Gasteiger partial charge is 0.457 e. The minimum Gasteiger partial charge on any atom is -0.457 e. The average Bonchev–Trinajstić information content (AvgIpc) is 3.57. The Labute approximate surface area is 235 Å². The van der Waals surface area contributed by atoms with Crippen LogP contribution in [0, 0.1) is 0 Å². The first-order valence-electron chi connectivity index (χ1n) is 12.8. The summed E-state index contributed by atoms with van der Waals surface area (Å²) in [6.45, 7) is 1.73. The lowest BCUT2D eigenvalue weighted by Crippen LogP contribution is -2.33. The number of hydroxylamine groups is 2. The lowest BCUT2D eigenvalue weighted by Gasteiger charge is -2.15. The number of hydrogen-bond donors (Lipinski definition) is 0. The number of rotatable bonds is 5. The fourth-order valence-electron chi connectivity index (χ4n) is 5.18. The minimum absolute atomic E-state index is 0.0146. The van der Waals surface area contributed by atoms with Gasteiger partial charge in [0, 0.05) is 33.0 Å². The zero-order valence-electron chi connectivity index (χ0n) is 21.3. The van der Waals surface area contributed by atoms with Crippen molar-refractivity contribution in [2.24, 2.45) is 0 Å². The lowest BCUT2D eigenvalue weighted by atomic mass is 10.0. The summed E-state index contributed by atoms with van der Waals surface area (Å²) in [5.41, 5.74) is 0.786. The van der Waals surface area contributed by atoms with Crippen LogP contribution < -0.4 is 0 Å². The lowest BCUT2D eigenvalue weighted by molar-refractivity contribution is -0.199. The number of carbonyl (C=O) groups excluding carboxylic acids is 4. The third kappa shape index (κ3) is 4.18. The molecule has 1 fully saturated rings. The first-order chi connectivity index (χ1) is 19.3. The van der Waals surface area contributed by atoms with Crippen molar-refractivity contribution in [1.82, 2.24) is 5.06 Å². The van der Waals surface area contributed by atoms with Gasteiger partial charge < -0.3 is 9.57 Å². The molecule has 2 aromatic heterocycles. The molecule has 1 aliphatic rings. The summed E-state index contributed by atoms with van der Waals surface area (Å²) in [7, 11) is 0. The Morgan fingerprint density at radius 2 is 1.35 bits per heavy atom. The van der Waals surface area contributed by atoms with Crippen LogP contribution in [0.4, 0.5) is 0 Å². The van der Waals surface area contributed by atoms with Gasteiger partial charge in [0.15, 0.2) is 0 Å². The number of carbonyl (C=O) groups is 4. The maximum absolute atomic E-state index is 12.4. The summed E-state index contributed by atoms with van der Waals surface area (Å²) in [6.07, 6.45) is -1.34. The Morgan fingerprint density at radius 3 is 2.00 bits per heavy atom. The molecule has 1 saturated heterocycles. The number of amides is 2. The van der Waals surface area contributed by atoms with Crippen molar-refractivity contribution in [3.8, 4) is 0 Å². The maximum Gasteiger partial charge on any atom is 0.344 e. The smallest absolute Gasteiger partial charge is 0.344 e. The Morgan fingerprint density at radius 1 is 0.775 bits per heavy atom. The summed E-state index contributed by atoms with van der Waals surface area (Å²) in [4.78, 5) is 52.4. The minimum atomic E-state index is -1.01. The third-order valence-corrected chi connectivity index (χ3v) is 9.70. The van der Waals surface area contributed by atoms with Gasteiger partial charge in [0.25, 0.3) is 11.8 Å². The highest BCUT2D eigenvalue weighted by atomic mass is 32.1. The number of benzene rings is 4. The van der Waals surface area contributed by atoms with Crippen molar-refractivity contribution in [2.45, 2.75) is 32.3 Å². The topological polar surface area (TPSA) is 90.0 Å². The summed E-state index contributed by atoms with van der Waals surface area (Å²) < 4.78 is 10.5. The molecule has 3 heterocycles. The van der Waals surface area contributed by atoms with Crippen LogP contribution in [0.25, 0.3) is 51.1 Å². The van der Waals surface area contributed by atoms with E-state index in [0.717, 1.165) is 16.3 Å². The van der Waals surface area contributed by atoms with Gasteiger partial charge in [0.05, 0.1) is 9.40 Å². The maximum atomic E-state index is 12.4. The molecule has 0 aliphatic carbocycles. The van der Waals surface area contributed by atoms with Crippen molar-refractivity contribution in [3.05, 3.63) is 72.3 Å². The van der Waals surface area contributed by atoms with E-state index >= 15 is 0 Å². The predicted octanol–water partition coefficient (Wildman–Crippen LogP) is 7.18. The highest BCUT2D eigenvalue weighted by Crippen LogP contribution is 2.46. The number of esters is 1. The zero-order chi connectivity index (χ0) is 27.5. The van der Waals surface area contributed by atoms with Crippen LogP contribution in [0.1, 0.15) is 37.9 Å². The van der Waals surface area contributed by atoms with Crippen LogP contribution in [-0.2, 0) is 28.8 Å². The summed E-state index contributed by atoms with van der Waals surface area (Å²) in [5, 5.41) is 7.53. The fourth-order valence-corrected chi connectivity index (χ4v) is 7.87. The number of thiophene rings is 2. The van der Waals surface area contributed by atoms with Gasteiger partial charge in [-0.2, -0.15) is 0 Å². The quantitative estimate of drug-likeness (QED) is 0.125. The van der Waals surface area contributed by atoms with E-state index in [-0.39, 0.29) is 12.8 Å². The van der Waals surface area contributed by atoms with Crippen molar-refractivity contribution < 1.29 is 28.8 Å². The molecule has 0 N–H and O–H groups in total. The van der Waals surface area contributed by atoms with Gasteiger partial charge in [-0.3, -0.25) is 14.4 Å². The molecule has 7 rings (SSSR count). The van der Waals surface area contributed by atoms with Crippen LogP contribution >= 0.6 is 22.7 Å². The van der Waals surface area contributed by atoms with Gasteiger partial charge in [0.2, 0.25) is 0 Å². The van der Waals surface area contributed by atoms with Crippen molar-refractivity contribution >= 4 is 97.5 Å². The molecule has 0 spiro atoms. The van der Waals surface area contributed by atoms with Crippen LogP contribution in [0.3, 0.4) is 0 Å². The second-order valence-corrected chi connectivity index (χ2v) is 12.0. The molecule has 4 aromatic carbocycles. The van der Waals surface area contributed by atoms with Crippen LogP contribution in [-0.4, -0.2) is 28.8 Å². The van der Waals surface area contributed by atoms with E-state index in [4.69, 9.17) is 9.57 Å². The Kier molecular flexibility index (Phi) is 5.80. The second kappa shape index (κ2) is 9.39. The number of nitrogens with zero attached hydrogens (tertiary/aromatic N) is 1. The highest BCUT2D eigenvalue weighted by molar-refractivity contribution is 7.36. The van der Waals surface area contributed by atoms with Crippen LogP contribution in [0.5, 0.6) is 0 Å². The van der Waals surface area contributed by atoms with Gasteiger partial charge in [-0.05, 0) is 64.4 Å². The molecule has 1 unspecified atom stereocenters. The number of hydrogen-bond acceptors (Lipinski definition) is 8. The van der Waals surface area contributed by atoms with Gasteiger partial charge >= 0.3 is 11.9 Å². The molecular weight excluding hydrogens is 546 g/mol. The molecule has 9 heteroatoms. The van der Waals surface area contributed by atoms with Gasteiger partial charge in [-0.25, -0.2) is 4.79 Å². The van der Waals surface area contributed by atoms with E-state index in [9.17, 15) is 19.2 Å². The zero-order valence-corrected chi connectivity index (χ0v) is 22.9. The Hall–Kier alpha value is -4.34. The monoisotopic (exact) mass is 567 g/mol. The molecule has 7 nitrogen and oxygen atoms in total. The Balaban J connectivity index is 1.13. The molecule has 0 radical (unpaired) electrons. The molecule has 6 aromatic rings. The van der Waals surface area contributed by atoms with Crippen LogP contribution in [0.15, 0.2) is 66.7 Å². The summed E-state index contributed by atoms with van der Waals surface area (Å²) in [5.74, 6) is -3.01. The van der Waals surface area contributed by atoms with Crippen LogP contribution in [0.2, 0.25) is 0 Å². The summed E-state index contributed by atoms with van der Waals surface area (Å²) >= 11 is 3.61. The van der Waals surface area contributed by atoms with Crippen molar-refractivity contribution in [2.75, 3.05) is 0 Å². The van der Waals surface area contributed by atoms with E-state index < -0.39 is 36.3 Å². The second-order valence-electron chi connectivity index (χ2n) is 9.87. The van der Waals surface area contributed by atoms with E-state index in [1.165, 1.54) is 40.3 Å². The predicted molar refractivity (Wildman–Crippen MR) is 156 cm³/mol. The van der Waals surface area contributed by atoms with E-state index in [1.54, 1.807) is 18.3 Å². The Bertz CT molecular complexity index is 2040. The first-order valence-corrected chi connectivity index (χ1v) is 14.4.